The van der Waals surface area contributed by atoms with Crippen molar-refractivity contribution in [2.45, 2.75) is 26.2 Å². The van der Waals surface area contributed by atoms with Gasteiger partial charge in [0, 0.05) is 26.2 Å². The Morgan fingerprint density at radius 1 is 0.432 bits per heavy atom. The molecular formula is C30H28N2PdS4. The van der Waals surface area contributed by atoms with Crippen molar-refractivity contribution in [2.24, 2.45) is 0 Å². The fourth-order valence-electron chi connectivity index (χ4n) is 3.59. The number of benzene rings is 4. The van der Waals surface area contributed by atoms with E-state index in [9.17, 15) is 0 Å². The van der Waals surface area contributed by atoms with E-state index in [0.29, 0.717) is 8.64 Å². The molecule has 0 aliphatic rings. The van der Waals surface area contributed by atoms with Gasteiger partial charge in [-0.2, -0.15) is 0 Å². The van der Waals surface area contributed by atoms with Crippen molar-refractivity contribution in [3.63, 3.8) is 0 Å². The summed E-state index contributed by atoms with van der Waals surface area (Å²) in [6.07, 6.45) is 0. The van der Waals surface area contributed by atoms with Gasteiger partial charge in [-0.1, -0.05) is 130 Å². The molecule has 0 saturated carbocycles. The van der Waals surface area contributed by atoms with E-state index in [2.05, 4.69) is 48.5 Å². The predicted octanol–water partition coefficient (Wildman–Crippen LogP) is 7.04. The van der Waals surface area contributed by atoms with E-state index in [0.717, 1.165) is 26.2 Å². The first-order chi connectivity index (χ1) is 17.5. The average molecular weight is 651 g/mol. The first-order valence-electron chi connectivity index (χ1n) is 11.6. The standard InChI is InChI=1S/2C15H15NS2.Pd/c2*17-15(18)16(11-13-7-3-1-4-8-13)12-14-9-5-2-6-10-14;/h2*1-10H,11-12H2,(H,17,18);/q;;+2/p-2. The van der Waals surface area contributed by atoms with Crippen LogP contribution in [0.4, 0.5) is 0 Å². The Bertz CT molecular complexity index is 1010. The minimum Gasteiger partial charge on any atom is -0.411 e. The molecule has 0 aliphatic carbocycles. The second-order valence-corrected chi connectivity index (χ2v) is 10.2. The predicted molar refractivity (Wildman–Crippen MR) is 164 cm³/mol. The van der Waals surface area contributed by atoms with Crippen molar-refractivity contribution in [1.82, 2.24) is 9.80 Å². The molecule has 192 valence electrons. The molecule has 0 atom stereocenters. The second-order valence-electron chi connectivity index (χ2n) is 8.19. The number of thiocarbonyl (C=S) groups is 2. The van der Waals surface area contributed by atoms with E-state index in [-0.39, 0.29) is 20.4 Å². The number of hydrogen-bond donors (Lipinski definition) is 0. The van der Waals surface area contributed by atoms with Crippen molar-refractivity contribution in [3.05, 3.63) is 144 Å². The third-order valence-electron chi connectivity index (χ3n) is 5.38. The molecule has 0 aliphatic heterocycles. The van der Waals surface area contributed by atoms with Crippen LogP contribution in [0, 0.1) is 0 Å². The van der Waals surface area contributed by atoms with Gasteiger partial charge in [-0.25, -0.2) is 0 Å². The summed E-state index contributed by atoms with van der Waals surface area (Å²) in [6.45, 7) is 3.05. The summed E-state index contributed by atoms with van der Waals surface area (Å²) in [7, 11) is 0. The summed E-state index contributed by atoms with van der Waals surface area (Å²) in [6, 6.07) is 41.0. The molecule has 2 nitrogen and oxygen atoms in total. The monoisotopic (exact) mass is 650 g/mol. The smallest absolute Gasteiger partial charge is 0.411 e. The summed E-state index contributed by atoms with van der Waals surface area (Å²) in [5.74, 6) is 0. The van der Waals surface area contributed by atoms with Crippen LogP contribution < -0.4 is 0 Å². The molecule has 0 bridgehead atoms. The van der Waals surface area contributed by atoms with Gasteiger partial charge in [0.05, 0.1) is 0 Å². The maximum Gasteiger partial charge on any atom is 2.00 e. The summed E-state index contributed by atoms with van der Waals surface area (Å²) < 4.78 is 1.03. The van der Waals surface area contributed by atoms with Gasteiger partial charge in [0.1, 0.15) is 0 Å². The maximum atomic E-state index is 5.16. The number of hydrogen-bond acceptors (Lipinski definition) is 4. The topological polar surface area (TPSA) is 6.48 Å². The Labute approximate surface area is 256 Å². The van der Waals surface area contributed by atoms with Crippen LogP contribution in [0.3, 0.4) is 0 Å². The SMILES string of the molecule is S=C([S-])N(Cc1ccccc1)Cc1ccccc1.S=C([S-])N(Cc1ccccc1)Cc1ccccc1.[Pd+2]. The molecule has 0 unspecified atom stereocenters. The molecule has 0 aromatic heterocycles. The van der Waals surface area contributed by atoms with Crippen molar-refractivity contribution >= 4 is 58.3 Å². The molecule has 0 heterocycles. The van der Waals surface area contributed by atoms with Crippen LogP contribution in [0.1, 0.15) is 22.3 Å². The molecule has 4 aromatic carbocycles. The van der Waals surface area contributed by atoms with Gasteiger partial charge in [0.2, 0.25) is 0 Å². The van der Waals surface area contributed by atoms with Crippen LogP contribution in [0.15, 0.2) is 121 Å². The molecule has 4 rings (SSSR count). The van der Waals surface area contributed by atoms with Crippen molar-refractivity contribution in [1.29, 1.82) is 0 Å². The second kappa shape index (κ2) is 17.3. The average Bonchev–Trinajstić information content (AvgIpc) is 2.91. The fraction of sp³-hybridized carbons (Fsp3) is 0.133. The number of rotatable bonds is 8. The quantitative estimate of drug-likeness (QED) is 0.114. The Morgan fingerprint density at radius 2 is 0.622 bits per heavy atom. The maximum absolute atomic E-state index is 5.16. The van der Waals surface area contributed by atoms with Crippen LogP contribution in [0.25, 0.3) is 0 Å². The molecule has 4 aromatic rings. The van der Waals surface area contributed by atoms with E-state index in [1.807, 2.05) is 82.6 Å². The van der Waals surface area contributed by atoms with E-state index >= 15 is 0 Å². The van der Waals surface area contributed by atoms with E-state index in [4.69, 9.17) is 49.7 Å². The Kier molecular flexibility index (Phi) is 14.5. The Hall–Kier alpha value is -2.24. The zero-order valence-corrected chi connectivity index (χ0v) is 25.0. The summed E-state index contributed by atoms with van der Waals surface area (Å²) in [5.41, 5.74) is 4.89. The third-order valence-corrected chi connectivity index (χ3v) is 6.41. The first-order valence-corrected chi connectivity index (χ1v) is 13.2. The molecule has 0 fully saturated rings. The van der Waals surface area contributed by atoms with E-state index in [1.54, 1.807) is 0 Å². The molecular weight excluding hydrogens is 623 g/mol. The summed E-state index contributed by atoms with van der Waals surface area (Å²) in [4.78, 5) is 4.07. The van der Waals surface area contributed by atoms with Gasteiger partial charge in [-0.15, -0.1) is 0 Å². The molecule has 0 radical (unpaired) electrons. The first kappa shape index (κ1) is 31.0. The Balaban J connectivity index is 0.000000253. The zero-order valence-electron chi connectivity index (χ0n) is 20.2. The van der Waals surface area contributed by atoms with Crippen LogP contribution in [-0.4, -0.2) is 18.4 Å². The van der Waals surface area contributed by atoms with Crippen molar-refractivity contribution in [3.8, 4) is 0 Å². The number of nitrogens with zero attached hydrogens (tertiary/aromatic N) is 2. The van der Waals surface area contributed by atoms with Gasteiger partial charge < -0.3 is 59.5 Å². The summed E-state index contributed by atoms with van der Waals surface area (Å²) in [5, 5.41) is 0. The molecule has 0 spiro atoms. The van der Waals surface area contributed by atoms with Crippen LogP contribution in [0.5, 0.6) is 0 Å². The molecule has 0 saturated heterocycles. The fourth-order valence-corrected chi connectivity index (χ4v) is 4.10. The van der Waals surface area contributed by atoms with Gasteiger partial charge in [0.25, 0.3) is 0 Å². The molecule has 7 heteroatoms. The van der Waals surface area contributed by atoms with Crippen molar-refractivity contribution in [2.75, 3.05) is 0 Å². The van der Waals surface area contributed by atoms with E-state index < -0.39 is 0 Å². The molecule has 0 N–H and O–H groups in total. The van der Waals surface area contributed by atoms with Crippen LogP contribution >= 0.6 is 24.4 Å². The van der Waals surface area contributed by atoms with Crippen molar-refractivity contribution < 1.29 is 20.4 Å². The van der Waals surface area contributed by atoms with E-state index in [1.165, 1.54) is 22.3 Å². The normalized spacial score (nSPS) is 9.73. The van der Waals surface area contributed by atoms with Gasteiger partial charge in [0.15, 0.2) is 0 Å². The Morgan fingerprint density at radius 3 is 0.784 bits per heavy atom. The van der Waals surface area contributed by atoms with Gasteiger partial charge in [-0.3, -0.25) is 0 Å². The molecule has 0 amide bonds. The minimum absolute atomic E-state index is 0. The van der Waals surface area contributed by atoms with Crippen LogP contribution in [-0.2, 0) is 71.9 Å². The molecule has 37 heavy (non-hydrogen) atoms. The largest absolute Gasteiger partial charge is 2.00 e. The van der Waals surface area contributed by atoms with Gasteiger partial charge >= 0.3 is 20.4 Å². The minimum atomic E-state index is 0. The third kappa shape index (κ3) is 11.8. The zero-order chi connectivity index (χ0) is 25.6. The van der Waals surface area contributed by atoms with Gasteiger partial charge in [-0.05, 0) is 22.3 Å². The van der Waals surface area contributed by atoms with Crippen LogP contribution in [0.2, 0.25) is 0 Å². The summed E-state index contributed by atoms with van der Waals surface area (Å²) >= 11 is 20.6.